The summed E-state index contributed by atoms with van der Waals surface area (Å²) in [6.45, 7) is 0. The van der Waals surface area contributed by atoms with Crippen LogP contribution in [0.2, 0.25) is 0 Å². The molecule has 4 nitrogen and oxygen atoms in total. The van der Waals surface area contributed by atoms with Crippen molar-refractivity contribution in [3.63, 3.8) is 0 Å². The number of hydrogen-bond acceptors (Lipinski definition) is 3. The Morgan fingerprint density at radius 2 is 1.82 bits per heavy atom. The Kier molecular flexibility index (Phi) is 6.40. The van der Waals surface area contributed by atoms with Gasteiger partial charge in [-0.1, -0.05) is 49.6 Å². The molecule has 0 aliphatic heterocycles. The maximum absolute atomic E-state index is 11.8. The van der Waals surface area contributed by atoms with Crippen LogP contribution in [0.15, 0.2) is 30.3 Å². The van der Waals surface area contributed by atoms with Crippen LogP contribution in [0.1, 0.15) is 44.1 Å². The molecule has 1 fully saturated rings. The Morgan fingerprint density at radius 1 is 1.18 bits per heavy atom. The van der Waals surface area contributed by atoms with Crippen molar-refractivity contribution in [3.8, 4) is 0 Å². The maximum Gasteiger partial charge on any atom is 0.220 e. The molecule has 0 bridgehead atoms. The van der Waals surface area contributed by atoms with E-state index in [1.165, 1.54) is 6.42 Å². The Balaban J connectivity index is 1.92. The number of carbonyl (C=O) groups is 1. The number of primary amides is 1. The molecule has 0 spiro atoms. The van der Waals surface area contributed by atoms with Crippen molar-refractivity contribution in [2.24, 2.45) is 23.3 Å². The lowest BCUT2D eigenvalue weighted by Gasteiger charge is -2.31. The van der Waals surface area contributed by atoms with Crippen molar-refractivity contribution in [3.05, 3.63) is 35.9 Å². The van der Waals surface area contributed by atoms with Gasteiger partial charge in [0, 0.05) is 12.0 Å². The predicted octanol–water partition coefficient (Wildman–Crippen LogP) is 1.99. The largest absolute Gasteiger partial charge is 0.391 e. The second-order valence-electron chi connectivity index (χ2n) is 6.56. The van der Waals surface area contributed by atoms with Crippen LogP contribution in [0, 0.1) is 11.8 Å². The Bertz CT molecular complexity index is 457. The lowest BCUT2D eigenvalue weighted by atomic mass is 9.76. The highest BCUT2D eigenvalue weighted by atomic mass is 16.3. The van der Waals surface area contributed by atoms with Gasteiger partial charge in [0.15, 0.2) is 0 Å². The summed E-state index contributed by atoms with van der Waals surface area (Å²) in [5.41, 5.74) is 12.8. The van der Waals surface area contributed by atoms with E-state index in [0.717, 1.165) is 31.2 Å². The van der Waals surface area contributed by atoms with Gasteiger partial charge in [-0.25, -0.2) is 0 Å². The third kappa shape index (κ3) is 4.82. The van der Waals surface area contributed by atoms with Crippen LogP contribution in [0.25, 0.3) is 0 Å². The van der Waals surface area contributed by atoms with Gasteiger partial charge in [-0.05, 0) is 37.2 Å². The fourth-order valence-electron chi connectivity index (χ4n) is 3.53. The minimum Gasteiger partial charge on any atom is -0.391 e. The third-order valence-electron chi connectivity index (χ3n) is 4.89. The summed E-state index contributed by atoms with van der Waals surface area (Å²) in [6, 6.07) is 9.51. The molecule has 1 aliphatic rings. The molecule has 3 atom stereocenters. The van der Waals surface area contributed by atoms with Crippen LogP contribution in [0.4, 0.5) is 0 Å². The summed E-state index contributed by atoms with van der Waals surface area (Å²) < 4.78 is 0. The zero-order valence-corrected chi connectivity index (χ0v) is 13.2. The molecular weight excluding hydrogens is 276 g/mol. The first-order valence-corrected chi connectivity index (χ1v) is 8.35. The minimum atomic E-state index is -0.695. The molecule has 4 heteroatoms. The van der Waals surface area contributed by atoms with E-state index in [0.29, 0.717) is 18.8 Å². The van der Waals surface area contributed by atoms with Gasteiger partial charge >= 0.3 is 0 Å². The van der Waals surface area contributed by atoms with Gasteiger partial charge in [-0.3, -0.25) is 4.79 Å². The number of amides is 1. The number of benzene rings is 1. The van der Waals surface area contributed by atoms with Crippen molar-refractivity contribution in [2.45, 2.75) is 57.1 Å². The number of aliphatic hydroxyl groups excluding tert-OH is 1. The molecule has 122 valence electrons. The lowest BCUT2D eigenvalue weighted by Crippen LogP contribution is -2.42. The van der Waals surface area contributed by atoms with Crippen molar-refractivity contribution in [1.82, 2.24) is 0 Å². The van der Waals surface area contributed by atoms with Crippen LogP contribution in [-0.4, -0.2) is 23.2 Å². The van der Waals surface area contributed by atoms with Gasteiger partial charge in [0.1, 0.15) is 0 Å². The molecule has 22 heavy (non-hydrogen) atoms. The molecule has 1 saturated carbocycles. The first-order valence-electron chi connectivity index (χ1n) is 8.35. The number of carbonyl (C=O) groups excluding carboxylic acids is 1. The van der Waals surface area contributed by atoms with Crippen molar-refractivity contribution in [1.29, 1.82) is 0 Å². The molecule has 0 aromatic heterocycles. The van der Waals surface area contributed by atoms with Crippen LogP contribution in [0.3, 0.4) is 0 Å². The molecule has 5 N–H and O–H groups in total. The smallest absolute Gasteiger partial charge is 0.220 e. The highest BCUT2D eigenvalue weighted by Gasteiger charge is 2.31. The molecule has 0 radical (unpaired) electrons. The molecule has 1 aliphatic carbocycles. The SMILES string of the molecule is NC(=O)C(CC(O)C(N)Cc1ccccc1)C1CCCCC1. The van der Waals surface area contributed by atoms with Gasteiger partial charge in [-0.2, -0.15) is 0 Å². The normalized spacial score (nSPS) is 20.3. The monoisotopic (exact) mass is 304 g/mol. The van der Waals surface area contributed by atoms with Gasteiger partial charge < -0.3 is 16.6 Å². The van der Waals surface area contributed by atoms with E-state index >= 15 is 0 Å². The zero-order valence-electron chi connectivity index (χ0n) is 13.2. The van der Waals surface area contributed by atoms with Gasteiger partial charge in [0.05, 0.1) is 6.10 Å². The summed E-state index contributed by atoms with van der Waals surface area (Å²) >= 11 is 0. The summed E-state index contributed by atoms with van der Waals surface area (Å²) in [6.07, 6.45) is 5.91. The molecule has 3 unspecified atom stereocenters. The van der Waals surface area contributed by atoms with Crippen LogP contribution >= 0.6 is 0 Å². The van der Waals surface area contributed by atoms with E-state index in [1.807, 2.05) is 30.3 Å². The van der Waals surface area contributed by atoms with E-state index in [9.17, 15) is 9.90 Å². The van der Waals surface area contributed by atoms with E-state index < -0.39 is 6.10 Å². The maximum atomic E-state index is 11.8. The molecule has 1 aromatic rings. The van der Waals surface area contributed by atoms with E-state index in [4.69, 9.17) is 11.5 Å². The van der Waals surface area contributed by atoms with Crippen molar-refractivity contribution >= 4 is 5.91 Å². The van der Waals surface area contributed by atoms with Gasteiger partial charge in [-0.15, -0.1) is 0 Å². The molecule has 0 saturated heterocycles. The average molecular weight is 304 g/mol. The topological polar surface area (TPSA) is 89.3 Å². The summed E-state index contributed by atoms with van der Waals surface area (Å²) in [5.74, 6) is -0.236. The summed E-state index contributed by atoms with van der Waals surface area (Å²) in [4.78, 5) is 11.8. The predicted molar refractivity (Wildman–Crippen MR) is 88.0 cm³/mol. The molecule has 1 aromatic carbocycles. The zero-order chi connectivity index (χ0) is 15.9. The lowest BCUT2D eigenvalue weighted by molar-refractivity contribution is -0.125. The van der Waals surface area contributed by atoms with E-state index in [2.05, 4.69) is 0 Å². The second kappa shape index (κ2) is 8.30. The van der Waals surface area contributed by atoms with E-state index in [1.54, 1.807) is 0 Å². The van der Waals surface area contributed by atoms with Gasteiger partial charge in [0.2, 0.25) is 5.91 Å². The summed E-state index contributed by atoms with van der Waals surface area (Å²) in [5, 5.41) is 10.4. The molecule has 0 heterocycles. The van der Waals surface area contributed by atoms with Crippen LogP contribution < -0.4 is 11.5 Å². The Morgan fingerprint density at radius 3 is 2.41 bits per heavy atom. The van der Waals surface area contributed by atoms with Crippen LogP contribution in [0.5, 0.6) is 0 Å². The first kappa shape index (κ1) is 17.0. The molecular formula is C18H28N2O2. The van der Waals surface area contributed by atoms with Gasteiger partial charge in [0.25, 0.3) is 0 Å². The number of nitrogens with two attached hydrogens (primary N) is 2. The average Bonchev–Trinajstić information content (AvgIpc) is 2.53. The fourth-order valence-corrected chi connectivity index (χ4v) is 3.53. The number of aliphatic hydroxyl groups is 1. The Labute approximate surface area is 132 Å². The summed E-state index contributed by atoms with van der Waals surface area (Å²) in [7, 11) is 0. The minimum absolute atomic E-state index is 0.253. The fraction of sp³-hybridized carbons (Fsp3) is 0.611. The van der Waals surface area contributed by atoms with Crippen LogP contribution in [-0.2, 0) is 11.2 Å². The highest BCUT2D eigenvalue weighted by Crippen LogP contribution is 2.32. The number of rotatable bonds is 7. The Hall–Kier alpha value is -1.39. The number of hydrogen-bond donors (Lipinski definition) is 3. The quantitative estimate of drug-likeness (QED) is 0.719. The second-order valence-corrected chi connectivity index (χ2v) is 6.56. The van der Waals surface area contributed by atoms with Crippen molar-refractivity contribution in [2.75, 3.05) is 0 Å². The third-order valence-corrected chi connectivity index (χ3v) is 4.89. The molecule has 2 rings (SSSR count). The first-order chi connectivity index (χ1) is 10.6. The molecule has 1 amide bonds. The highest BCUT2D eigenvalue weighted by molar-refractivity contribution is 5.77. The standard InChI is InChI=1S/C18H28N2O2/c19-16(11-13-7-3-1-4-8-13)17(21)12-15(18(20)22)14-9-5-2-6-10-14/h1,3-4,7-8,14-17,21H,2,5-6,9-12,19H2,(H2,20,22). The van der Waals surface area contributed by atoms with Crippen molar-refractivity contribution < 1.29 is 9.90 Å². The van der Waals surface area contributed by atoms with E-state index in [-0.39, 0.29) is 17.9 Å².